The first kappa shape index (κ1) is 15.3. The smallest absolute Gasteiger partial charge is 0.269 e. The summed E-state index contributed by atoms with van der Waals surface area (Å²) in [5.41, 5.74) is 6.54. The zero-order valence-corrected chi connectivity index (χ0v) is 13.7. The number of nitrogens with two attached hydrogens (primary N) is 1. The van der Waals surface area contributed by atoms with E-state index in [0.29, 0.717) is 23.4 Å². The molecule has 2 aromatic rings. The number of likely N-dealkylation sites (tertiary alicyclic amines) is 1. The summed E-state index contributed by atoms with van der Waals surface area (Å²) in [7, 11) is 0. The highest BCUT2D eigenvalue weighted by molar-refractivity contribution is 5.90. The third kappa shape index (κ3) is 2.93. The Morgan fingerprint density at radius 2 is 2.25 bits per heavy atom. The van der Waals surface area contributed by atoms with Crippen LogP contribution in [0.2, 0.25) is 0 Å². The van der Waals surface area contributed by atoms with Crippen molar-refractivity contribution in [3.63, 3.8) is 0 Å². The van der Waals surface area contributed by atoms with Crippen LogP contribution >= 0.6 is 0 Å². The highest BCUT2D eigenvalue weighted by atomic mass is 16.5. The minimum Gasteiger partial charge on any atom is -0.364 e. The second kappa shape index (κ2) is 6.01. The standard InChI is InChI=1S/C16H22N6O2/c1-9(16-18-15(21-24-16)10-4-5-10)22-6-2-3-11(8-22)12-7-13(14(17)23)20-19-12/h7,9-11H,2-6,8H2,1H3,(H2,17,23)(H,19,20)/t9-,11-/m1/s1. The quantitative estimate of drug-likeness (QED) is 0.862. The van der Waals surface area contributed by atoms with Crippen molar-refractivity contribution < 1.29 is 9.32 Å². The molecule has 24 heavy (non-hydrogen) atoms. The SMILES string of the molecule is C[C@H](c1nc(C2CC2)no1)N1CCC[C@@H](c2cc(C(N)=O)n[nH]2)C1. The number of rotatable bonds is 5. The predicted molar refractivity (Wildman–Crippen MR) is 85.3 cm³/mol. The van der Waals surface area contributed by atoms with Crippen LogP contribution in [0, 0.1) is 0 Å². The molecular formula is C16H22N6O2. The van der Waals surface area contributed by atoms with Crippen LogP contribution in [-0.2, 0) is 0 Å². The Kier molecular flexibility index (Phi) is 3.84. The van der Waals surface area contributed by atoms with Crippen LogP contribution in [0.1, 0.15) is 78.4 Å². The first-order valence-corrected chi connectivity index (χ1v) is 8.54. The van der Waals surface area contributed by atoms with Crippen molar-refractivity contribution in [3.05, 3.63) is 29.2 Å². The third-order valence-corrected chi connectivity index (χ3v) is 5.05. The maximum atomic E-state index is 11.2. The first-order valence-electron chi connectivity index (χ1n) is 8.54. The summed E-state index contributed by atoms with van der Waals surface area (Å²) < 4.78 is 5.47. The molecular weight excluding hydrogens is 308 g/mol. The molecule has 0 radical (unpaired) electrons. The number of piperidine rings is 1. The van der Waals surface area contributed by atoms with Gasteiger partial charge in [0.2, 0.25) is 5.89 Å². The van der Waals surface area contributed by atoms with Gasteiger partial charge in [-0.2, -0.15) is 10.1 Å². The molecule has 1 aliphatic carbocycles. The van der Waals surface area contributed by atoms with Gasteiger partial charge in [0.05, 0.1) is 6.04 Å². The van der Waals surface area contributed by atoms with Gasteiger partial charge in [-0.3, -0.25) is 14.8 Å². The molecule has 4 rings (SSSR count). The van der Waals surface area contributed by atoms with Crippen LogP contribution < -0.4 is 5.73 Å². The van der Waals surface area contributed by atoms with E-state index >= 15 is 0 Å². The molecule has 2 atom stereocenters. The predicted octanol–water partition coefficient (Wildman–Crippen LogP) is 1.71. The molecule has 0 bridgehead atoms. The number of carbonyl (C=O) groups is 1. The monoisotopic (exact) mass is 330 g/mol. The fourth-order valence-electron chi connectivity index (χ4n) is 3.36. The van der Waals surface area contributed by atoms with Gasteiger partial charge < -0.3 is 10.3 Å². The molecule has 0 aromatic carbocycles. The molecule has 2 aromatic heterocycles. The number of aromatic amines is 1. The van der Waals surface area contributed by atoms with Crippen molar-refractivity contribution in [1.29, 1.82) is 0 Å². The first-order chi connectivity index (χ1) is 11.6. The Labute approximate surface area is 139 Å². The van der Waals surface area contributed by atoms with E-state index in [0.717, 1.165) is 37.4 Å². The van der Waals surface area contributed by atoms with Gasteiger partial charge in [-0.1, -0.05) is 5.16 Å². The van der Waals surface area contributed by atoms with Gasteiger partial charge in [0.1, 0.15) is 5.69 Å². The molecule has 2 aliphatic rings. The van der Waals surface area contributed by atoms with E-state index in [-0.39, 0.29) is 6.04 Å². The Morgan fingerprint density at radius 1 is 1.42 bits per heavy atom. The fraction of sp³-hybridized carbons (Fsp3) is 0.625. The molecule has 0 spiro atoms. The normalized spacial score (nSPS) is 23.3. The van der Waals surface area contributed by atoms with E-state index in [2.05, 4.69) is 32.2 Å². The van der Waals surface area contributed by atoms with E-state index in [1.165, 1.54) is 12.8 Å². The minimum absolute atomic E-state index is 0.0892. The molecule has 8 nitrogen and oxygen atoms in total. The number of H-pyrrole nitrogens is 1. The second-order valence-electron chi connectivity index (χ2n) is 6.85. The Bertz CT molecular complexity index is 735. The van der Waals surface area contributed by atoms with Crippen molar-refractivity contribution in [3.8, 4) is 0 Å². The van der Waals surface area contributed by atoms with Crippen LogP contribution in [0.25, 0.3) is 0 Å². The van der Waals surface area contributed by atoms with Gasteiger partial charge in [0.25, 0.3) is 5.91 Å². The topological polar surface area (TPSA) is 114 Å². The number of nitrogens with zero attached hydrogens (tertiary/aromatic N) is 4. The van der Waals surface area contributed by atoms with Crippen molar-refractivity contribution in [2.75, 3.05) is 13.1 Å². The van der Waals surface area contributed by atoms with Crippen LogP contribution in [0.3, 0.4) is 0 Å². The molecule has 128 valence electrons. The number of primary amides is 1. The summed E-state index contributed by atoms with van der Waals surface area (Å²) >= 11 is 0. The summed E-state index contributed by atoms with van der Waals surface area (Å²) in [4.78, 5) is 18.1. The number of nitrogens with one attached hydrogen (secondary N) is 1. The molecule has 1 aliphatic heterocycles. The zero-order chi connectivity index (χ0) is 16.7. The van der Waals surface area contributed by atoms with Crippen LogP contribution in [-0.4, -0.2) is 44.2 Å². The van der Waals surface area contributed by atoms with Crippen molar-refractivity contribution in [2.24, 2.45) is 5.73 Å². The Hall–Kier alpha value is -2.22. The summed E-state index contributed by atoms with van der Waals surface area (Å²) in [5.74, 6) is 1.84. The van der Waals surface area contributed by atoms with Gasteiger partial charge >= 0.3 is 0 Å². The molecule has 8 heteroatoms. The summed E-state index contributed by atoms with van der Waals surface area (Å²) in [6.07, 6.45) is 4.46. The van der Waals surface area contributed by atoms with Crippen molar-refractivity contribution >= 4 is 5.91 Å². The molecule has 1 amide bonds. The third-order valence-electron chi connectivity index (χ3n) is 5.05. The summed E-state index contributed by atoms with van der Waals surface area (Å²) in [5, 5.41) is 11.1. The van der Waals surface area contributed by atoms with Gasteiger partial charge in [-0.05, 0) is 45.2 Å². The minimum atomic E-state index is -0.503. The van der Waals surface area contributed by atoms with E-state index in [4.69, 9.17) is 10.3 Å². The van der Waals surface area contributed by atoms with Gasteiger partial charge in [-0.15, -0.1) is 0 Å². The largest absolute Gasteiger partial charge is 0.364 e. The number of aromatic nitrogens is 4. The van der Waals surface area contributed by atoms with Crippen LogP contribution in [0.15, 0.2) is 10.6 Å². The number of amides is 1. The molecule has 0 unspecified atom stereocenters. The zero-order valence-electron chi connectivity index (χ0n) is 13.7. The maximum Gasteiger partial charge on any atom is 0.269 e. The lowest BCUT2D eigenvalue weighted by Gasteiger charge is -2.34. The van der Waals surface area contributed by atoms with Crippen LogP contribution in [0.5, 0.6) is 0 Å². The highest BCUT2D eigenvalue weighted by Crippen LogP contribution is 2.39. The average molecular weight is 330 g/mol. The summed E-state index contributed by atoms with van der Waals surface area (Å²) in [6, 6.07) is 1.85. The lowest BCUT2D eigenvalue weighted by atomic mass is 9.93. The molecule has 3 heterocycles. The molecule has 2 fully saturated rings. The summed E-state index contributed by atoms with van der Waals surface area (Å²) in [6.45, 7) is 3.96. The van der Waals surface area contributed by atoms with Gasteiger partial charge in [-0.25, -0.2) is 0 Å². The second-order valence-corrected chi connectivity index (χ2v) is 6.85. The van der Waals surface area contributed by atoms with E-state index in [1.54, 1.807) is 6.07 Å². The van der Waals surface area contributed by atoms with E-state index in [9.17, 15) is 4.79 Å². The Balaban J connectivity index is 1.45. The van der Waals surface area contributed by atoms with E-state index < -0.39 is 5.91 Å². The maximum absolute atomic E-state index is 11.2. The fourth-order valence-corrected chi connectivity index (χ4v) is 3.36. The molecule has 1 saturated heterocycles. The highest BCUT2D eigenvalue weighted by Gasteiger charge is 2.32. The lowest BCUT2D eigenvalue weighted by Crippen LogP contribution is -2.36. The van der Waals surface area contributed by atoms with Crippen molar-refractivity contribution in [1.82, 2.24) is 25.2 Å². The molecule has 1 saturated carbocycles. The van der Waals surface area contributed by atoms with E-state index in [1.807, 2.05) is 0 Å². The number of hydrogen-bond acceptors (Lipinski definition) is 6. The average Bonchev–Trinajstić information content (AvgIpc) is 3.13. The van der Waals surface area contributed by atoms with Gasteiger partial charge in [0, 0.05) is 24.1 Å². The Morgan fingerprint density at radius 3 is 2.96 bits per heavy atom. The van der Waals surface area contributed by atoms with Crippen molar-refractivity contribution in [2.45, 2.75) is 50.5 Å². The van der Waals surface area contributed by atoms with Gasteiger partial charge in [0.15, 0.2) is 5.82 Å². The number of carbonyl (C=O) groups excluding carboxylic acids is 1. The lowest BCUT2D eigenvalue weighted by molar-refractivity contribution is 0.0995. The van der Waals surface area contributed by atoms with Crippen LogP contribution in [0.4, 0.5) is 0 Å². The molecule has 3 N–H and O–H groups in total. The number of hydrogen-bond donors (Lipinski definition) is 2.